The van der Waals surface area contributed by atoms with Gasteiger partial charge in [0.2, 0.25) is 5.91 Å². The summed E-state index contributed by atoms with van der Waals surface area (Å²) >= 11 is 0. The van der Waals surface area contributed by atoms with Gasteiger partial charge < -0.3 is 20.7 Å². The number of hydrogen-bond acceptors (Lipinski definition) is 3. The van der Waals surface area contributed by atoms with Crippen molar-refractivity contribution in [1.29, 1.82) is 0 Å². The summed E-state index contributed by atoms with van der Waals surface area (Å²) in [4.78, 5) is 16.4. The van der Waals surface area contributed by atoms with E-state index in [0.29, 0.717) is 30.3 Å². The zero-order valence-electron chi connectivity index (χ0n) is 17.3. The van der Waals surface area contributed by atoms with Gasteiger partial charge in [-0.1, -0.05) is 30.3 Å². The van der Waals surface area contributed by atoms with Crippen LogP contribution in [-0.4, -0.2) is 37.7 Å². The smallest absolute Gasteiger partial charge is 0.367 e. The van der Waals surface area contributed by atoms with Crippen molar-refractivity contribution in [2.45, 2.75) is 26.3 Å². The molecule has 0 spiro atoms. The van der Waals surface area contributed by atoms with Gasteiger partial charge in [0.15, 0.2) is 5.96 Å². The number of benzene rings is 2. The molecule has 0 atom stereocenters. The number of carbonyl (C=O) groups excluding carboxylic acids is 1. The van der Waals surface area contributed by atoms with E-state index >= 15 is 0 Å². The second-order valence-electron chi connectivity index (χ2n) is 6.53. The van der Waals surface area contributed by atoms with Crippen LogP contribution in [0.15, 0.2) is 53.5 Å². The normalized spacial score (nSPS) is 11.5. The summed E-state index contributed by atoms with van der Waals surface area (Å²) in [5.74, 6) is -0.396. The first-order chi connectivity index (χ1) is 14.7. The molecule has 0 aliphatic carbocycles. The van der Waals surface area contributed by atoms with Gasteiger partial charge >= 0.3 is 6.18 Å². The predicted molar refractivity (Wildman–Crippen MR) is 125 cm³/mol. The highest BCUT2D eigenvalue weighted by Crippen LogP contribution is 2.16. The highest BCUT2D eigenvalue weighted by atomic mass is 127. The lowest BCUT2D eigenvalue weighted by Gasteiger charge is -2.12. The molecule has 0 saturated heterocycles. The Morgan fingerprint density at radius 1 is 1.06 bits per heavy atom. The average Bonchev–Trinajstić information content (AvgIpc) is 2.70. The van der Waals surface area contributed by atoms with E-state index in [-0.39, 0.29) is 43.0 Å². The van der Waals surface area contributed by atoms with Gasteiger partial charge in [-0.15, -0.1) is 24.0 Å². The lowest BCUT2D eigenvalue weighted by Crippen LogP contribution is -2.41. The van der Waals surface area contributed by atoms with Crippen LogP contribution < -0.4 is 16.0 Å². The van der Waals surface area contributed by atoms with Crippen LogP contribution >= 0.6 is 24.0 Å². The van der Waals surface area contributed by atoms with E-state index in [2.05, 4.69) is 25.7 Å². The summed E-state index contributed by atoms with van der Waals surface area (Å²) in [5.41, 5.74) is 1.81. The van der Waals surface area contributed by atoms with Gasteiger partial charge in [0.1, 0.15) is 12.4 Å². The topological polar surface area (TPSA) is 74.8 Å². The van der Waals surface area contributed by atoms with E-state index in [1.54, 1.807) is 30.3 Å². The molecule has 11 heteroatoms. The lowest BCUT2D eigenvalue weighted by molar-refractivity contribution is -0.176. The maximum absolute atomic E-state index is 13.2. The molecule has 0 unspecified atom stereocenters. The van der Waals surface area contributed by atoms with Crippen molar-refractivity contribution in [3.63, 3.8) is 0 Å². The van der Waals surface area contributed by atoms with Gasteiger partial charge in [0.05, 0.1) is 19.7 Å². The minimum absolute atomic E-state index is 0. The number of ether oxygens (including phenoxy) is 1. The van der Waals surface area contributed by atoms with Crippen molar-refractivity contribution >= 4 is 41.5 Å². The molecule has 0 aliphatic rings. The van der Waals surface area contributed by atoms with Crippen LogP contribution in [0.3, 0.4) is 0 Å². The zero-order valence-corrected chi connectivity index (χ0v) is 19.7. The van der Waals surface area contributed by atoms with Gasteiger partial charge in [0, 0.05) is 12.2 Å². The highest BCUT2D eigenvalue weighted by molar-refractivity contribution is 14.0. The number of aliphatic imine (C=N–C) groups is 1. The van der Waals surface area contributed by atoms with Gasteiger partial charge in [-0.2, -0.15) is 13.2 Å². The first kappa shape index (κ1) is 27.6. The molecule has 0 aromatic heterocycles. The average molecular weight is 568 g/mol. The number of nitrogens with zero attached hydrogens (tertiary/aromatic N) is 1. The number of anilines is 1. The van der Waals surface area contributed by atoms with Crippen LogP contribution in [-0.2, 0) is 22.7 Å². The highest BCUT2D eigenvalue weighted by Gasteiger charge is 2.27. The van der Waals surface area contributed by atoms with Crippen molar-refractivity contribution in [2.24, 2.45) is 4.99 Å². The Bertz CT molecular complexity index is 877. The maximum atomic E-state index is 13.2. The monoisotopic (exact) mass is 568 g/mol. The minimum Gasteiger partial charge on any atom is -0.367 e. The van der Waals surface area contributed by atoms with Gasteiger partial charge in [0.25, 0.3) is 0 Å². The Kier molecular flexibility index (Phi) is 12.0. The van der Waals surface area contributed by atoms with Crippen molar-refractivity contribution in [2.75, 3.05) is 25.0 Å². The first-order valence-corrected chi connectivity index (χ1v) is 9.55. The van der Waals surface area contributed by atoms with Gasteiger partial charge in [-0.3, -0.25) is 4.79 Å². The number of halogens is 5. The Hall–Kier alpha value is -2.41. The Morgan fingerprint density at radius 3 is 2.38 bits per heavy atom. The van der Waals surface area contributed by atoms with Crippen LogP contribution in [0, 0.1) is 5.82 Å². The summed E-state index contributed by atoms with van der Waals surface area (Å²) in [5, 5.41) is 8.47. The predicted octanol–water partition coefficient (Wildman–Crippen LogP) is 4.22. The third kappa shape index (κ3) is 11.3. The second kappa shape index (κ2) is 13.9. The molecule has 176 valence electrons. The summed E-state index contributed by atoms with van der Waals surface area (Å²) in [6.45, 7) is 1.26. The molecule has 2 rings (SSSR count). The SMILES string of the molecule is CCNC(=NCc1ccc(COCC(F)(F)F)cc1)NCC(=O)Nc1cccc(F)c1.I. The molecule has 0 heterocycles. The molecule has 3 N–H and O–H groups in total. The number of alkyl halides is 3. The van der Waals surface area contributed by atoms with E-state index < -0.39 is 18.6 Å². The second-order valence-corrected chi connectivity index (χ2v) is 6.53. The van der Waals surface area contributed by atoms with Crippen molar-refractivity contribution in [3.8, 4) is 0 Å². The van der Waals surface area contributed by atoms with Crippen LogP contribution in [0.1, 0.15) is 18.1 Å². The quantitative estimate of drug-likeness (QED) is 0.184. The standard InChI is InChI=1S/C21H24F4N4O2.HI/c1-2-26-20(28-12-19(30)29-18-5-3-4-17(22)10-18)27-11-15-6-8-16(9-7-15)13-31-14-21(23,24)25;/h3-10H,2,11-14H2,1H3,(H,29,30)(H2,26,27,28);1H. The molecule has 0 radical (unpaired) electrons. The first-order valence-electron chi connectivity index (χ1n) is 9.55. The van der Waals surface area contributed by atoms with Crippen LogP contribution in [0.4, 0.5) is 23.2 Å². The molecule has 1 amide bonds. The number of guanidine groups is 1. The van der Waals surface area contributed by atoms with Crippen molar-refractivity contribution in [1.82, 2.24) is 10.6 Å². The number of nitrogens with one attached hydrogen (secondary N) is 3. The van der Waals surface area contributed by atoms with Crippen LogP contribution in [0.2, 0.25) is 0 Å². The third-order valence-electron chi connectivity index (χ3n) is 3.85. The summed E-state index contributed by atoms with van der Waals surface area (Å²) in [6, 6.07) is 12.4. The maximum Gasteiger partial charge on any atom is 0.411 e. The molecule has 0 aliphatic heterocycles. The molecular weight excluding hydrogens is 543 g/mol. The van der Waals surface area contributed by atoms with Crippen molar-refractivity contribution in [3.05, 3.63) is 65.5 Å². The van der Waals surface area contributed by atoms with E-state index in [0.717, 1.165) is 5.56 Å². The molecule has 32 heavy (non-hydrogen) atoms. The van der Waals surface area contributed by atoms with E-state index in [1.807, 2.05) is 6.92 Å². The fraction of sp³-hybridized carbons (Fsp3) is 0.333. The number of hydrogen-bond donors (Lipinski definition) is 3. The van der Waals surface area contributed by atoms with E-state index in [4.69, 9.17) is 0 Å². The lowest BCUT2D eigenvalue weighted by atomic mass is 10.1. The third-order valence-corrected chi connectivity index (χ3v) is 3.85. The Morgan fingerprint density at radius 2 is 1.75 bits per heavy atom. The molecule has 0 saturated carbocycles. The molecular formula is C21H25F4IN4O2. The fourth-order valence-corrected chi connectivity index (χ4v) is 2.47. The van der Waals surface area contributed by atoms with Gasteiger partial charge in [-0.05, 0) is 36.2 Å². The minimum atomic E-state index is -4.35. The van der Waals surface area contributed by atoms with Crippen LogP contribution in [0.25, 0.3) is 0 Å². The molecule has 6 nitrogen and oxygen atoms in total. The molecule has 2 aromatic rings. The zero-order chi connectivity index (χ0) is 22.7. The largest absolute Gasteiger partial charge is 0.411 e. The molecule has 0 fully saturated rings. The Labute approximate surface area is 200 Å². The molecule has 2 aromatic carbocycles. The summed E-state index contributed by atoms with van der Waals surface area (Å²) in [7, 11) is 0. The summed E-state index contributed by atoms with van der Waals surface area (Å²) < 4.78 is 54.1. The Balaban J connectivity index is 0.00000512. The van der Waals surface area contributed by atoms with Crippen LogP contribution in [0.5, 0.6) is 0 Å². The number of amides is 1. The van der Waals surface area contributed by atoms with E-state index in [1.165, 1.54) is 18.2 Å². The molecule has 0 bridgehead atoms. The van der Waals surface area contributed by atoms with Crippen molar-refractivity contribution < 1.29 is 27.1 Å². The number of rotatable bonds is 9. The summed E-state index contributed by atoms with van der Waals surface area (Å²) in [6.07, 6.45) is -4.35. The fourth-order valence-electron chi connectivity index (χ4n) is 2.47. The van der Waals surface area contributed by atoms with E-state index in [9.17, 15) is 22.4 Å². The van der Waals surface area contributed by atoms with Gasteiger partial charge in [-0.25, -0.2) is 9.38 Å². The number of carbonyl (C=O) groups is 1.